The summed E-state index contributed by atoms with van der Waals surface area (Å²) in [5.74, 6) is 0.795. The lowest BCUT2D eigenvalue weighted by atomic mass is 10.8. The van der Waals surface area contributed by atoms with Crippen LogP contribution in [0.5, 0.6) is 0 Å². The molecule has 0 radical (unpaired) electrons. The number of rotatable bonds is 3. The molecule has 0 saturated heterocycles. The Morgan fingerprint density at radius 3 is 2.50 bits per heavy atom. The fraction of sp³-hybridized carbons (Fsp3) is 1.00. The van der Waals surface area contributed by atoms with E-state index in [1.54, 1.807) is 0 Å². The van der Waals surface area contributed by atoms with E-state index in [0.717, 1.165) is 12.4 Å². The van der Waals surface area contributed by atoms with Crippen molar-refractivity contribution in [2.24, 2.45) is 0 Å². The average molecular weight is 217 g/mol. The van der Waals surface area contributed by atoms with Gasteiger partial charge in [0, 0.05) is 16.8 Å². The van der Waals surface area contributed by atoms with Gasteiger partial charge in [-0.1, -0.05) is 22.6 Å². The van der Waals surface area contributed by atoms with Crippen molar-refractivity contribution in [2.75, 3.05) is 16.8 Å². The second-order valence-electron chi connectivity index (χ2n) is 0.847. The first kappa shape index (κ1) is 7.04. The molecule has 6 heavy (non-hydrogen) atoms. The summed E-state index contributed by atoms with van der Waals surface area (Å²) in [6.07, 6.45) is 0. The Bertz CT molecular complexity index is 22.8. The zero-order chi connectivity index (χ0) is 4.83. The lowest BCUT2D eigenvalue weighted by Gasteiger charge is -1.90. The third kappa shape index (κ3) is 5.04. The van der Waals surface area contributed by atoms with Crippen molar-refractivity contribution in [3.05, 3.63) is 0 Å². The van der Waals surface area contributed by atoms with Crippen molar-refractivity contribution in [2.45, 2.75) is 0 Å². The van der Waals surface area contributed by atoms with E-state index in [-0.39, 0.29) is 0 Å². The van der Waals surface area contributed by atoms with Gasteiger partial charge in [0.05, 0.1) is 0 Å². The molecule has 0 aromatic carbocycles. The van der Waals surface area contributed by atoms with Gasteiger partial charge in [-0.2, -0.15) is 12.6 Å². The molecule has 0 atom stereocenters. The molecule has 0 unspecified atom stereocenters. The summed E-state index contributed by atoms with van der Waals surface area (Å²) in [7, 11) is 0. The van der Waals surface area contributed by atoms with Crippen molar-refractivity contribution < 1.29 is 0 Å². The molecule has 0 amide bonds. The molecule has 3 heteroatoms. The summed E-state index contributed by atoms with van der Waals surface area (Å²) < 4.78 is 1.16. The highest BCUT2D eigenvalue weighted by Crippen LogP contribution is 1.75. The van der Waals surface area contributed by atoms with Gasteiger partial charge in [0.25, 0.3) is 0 Å². The highest BCUT2D eigenvalue weighted by atomic mass is 127. The van der Waals surface area contributed by atoms with E-state index in [9.17, 15) is 0 Å². The van der Waals surface area contributed by atoms with Crippen LogP contribution in [-0.2, 0) is 0 Å². The number of halogens is 1. The van der Waals surface area contributed by atoms with E-state index in [1.165, 1.54) is 4.43 Å². The van der Waals surface area contributed by atoms with E-state index < -0.39 is 0 Å². The third-order valence-electron chi connectivity index (χ3n) is 0.383. The van der Waals surface area contributed by atoms with Crippen molar-refractivity contribution in [1.29, 1.82) is 0 Å². The van der Waals surface area contributed by atoms with Crippen LogP contribution in [0.15, 0.2) is 0 Å². The van der Waals surface area contributed by atoms with Crippen LogP contribution in [0.3, 0.4) is 0 Å². The van der Waals surface area contributed by atoms with Gasteiger partial charge in [-0.25, -0.2) is 0 Å². The Hall–Kier alpha value is 1.04. The van der Waals surface area contributed by atoms with E-state index in [2.05, 4.69) is 40.5 Å². The minimum atomic E-state index is 0.795. The number of thiol groups is 1. The highest BCUT2D eigenvalue weighted by molar-refractivity contribution is 14.1. The molecular weight excluding hydrogens is 209 g/mol. The molecule has 0 aliphatic carbocycles. The molecule has 38 valence electrons. The van der Waals surface area contributed by atoms with Crippen LogP contribution in [-0.4, -0.2) is 16.8 Å². The van der Waals surface area contributed by atoms with Gasteiger partial charge in [0.2, 0.25) is 0 Å². The van der Waals surface area contributed by atoms with Crippen LogP contribution >= 0.6 is 35.2 Å². The van der Waals surface area contributed by atoms with Crippen molar-refractivity contribution in [3.8, 4) is 0 Å². The van der Waals surface area contributed by atoms with E-state index in [0.29, 0.717) is 0 Å². The number of hydrogen-bond acceptors (Lipinski definition) is 2. The maximum absolute atomic E-state index is 3.94. The van der Waals surface area contributed by atoms with Crippen LogP contribution in [0, 0.1) is 0 Å². The minimum Gasteiger partial charge on any atom is -0.307 e. The number of alkyl halides is 1. The van der Waals surface area contributed by atoms with Crippen LogP contribution in [0.1, 0.15) is 0 Å². The predicted molar refractivity (Wildman–Crippen MR) is 40.7 cm³/mol. The first-order valence-electron chi connectivity index (χ1n) is 1.79. The SMILES string of the molecule is SCNCCI. The zero-order valence-electron chi connectivity index (χ0n) is 3.45. The molecule has 0 aromatic heterocycles. The monoisotopic (exact) mass is 217 g/mol. The molecule has 1 N–H and O–H groups in total. The minimum absolute atomic E-state index is 0.795. The van der Waals surface area contributed by atoms with E-state index in [4.69, 9.17) is 0 Å². The number of nitrogens with one attached hydrogen (secondary N) is 1. The quantitative estimate of drug-likeness (QED) is 0.235. The molecule has 0 aromatic rings. The molecule has 0 saturated carbocycles. The Balaban J connectivity index is 2.34. The average Bonchev–Trinajstić information content (AvgIpc) is 1.61. The Kier molecular flexibility index (Phi) is 7.09. The molecule has 1 nitrogen and oxygen atoms in total. The maximum atomic E-state index is 3.94. The van der Waals surface area contributed by atoms with Gasteiger partial charge in [-0.05, 0) is 0 Å². The smallest absolute Gasteiger partial charge is 0.0387 e. The van der Waals surface area contributed by atoms with Crippen molar-refractivity contribution >= 4 is 35.2 Å². The summed E-state index contributed by atoms with van der Waals surface area (Å²) >= 11 is 6.25. The largest absolute Gasteiger partial charge is 0.307 e. The molecule has 0 aliphatic heterocycles. The standard InChI is InChI=1S/C3H8INS/c4-1-2-5-3-6/h5-6H,1-3H2. The van der Waals surface area contributed by atoms with Crippen LogP contribution in [0.4, 0.5) is 0 Å². The van der Waals surface area contributed by atoms with Gasteiger partial charge in [0.15, 0.2) is 0 Å². The Labute approximate surface area is 57.4 Å². The highest BCUT2D eigenvalue weighted by Gasteiger charge is 1.73. The Morgan fingerprint density at radius 2 is 2.33 bits per heavy atom. The van der Waals surface area contributed by atoms with Crippen molar-refractivity contribution in [1.82, 2.24) is 5.32 Å². The Morgan fingerprint density at radius 1 is 1.67 bits per heavy atom. The van der Waals surface area contributed by atoms with E-state index >= 15 is 0 Å². The second-order valence-corrected chi connectivity index (χ2v) is 2.24. The van der Waals surface area contributed by atoms with Crippen LogP contribution in [0.2, 0.25) is 0 Å². The first-order chi connectivity index (χ1) is 2.91. The predicted octanol–water partition coefficient (Wildman–Crippen LogP) is 0.898. The normalized spacial score (nSPS) is 9.00. The van der Waals surface area contributed by atoms with Gasteiger partial charge in [-0.3, -0.25) is 0 Å². The van der Waals surface area contributed by atoms with Crippen LogP contribution in [0.25, 0.3) is 0 Å². The molecule has 0 bridgehead atoms. The summed E-state index contributed by atoms with van der Waals surface area (Å²) in [5, 5.41) is 3.05. The zero-order valence-corrected chi connectivity index (χ0v) is 6.50. The summed E-state index contributed by atoms with van der Waals surface area (Å²) in [5.41, 5.74) is 0. The lowest BCUT2D eigenvalue weighted by Crippen LogP contribution is -2.12. The van der Waals surface area contributed by atoms with Gasteiger partial charge in [0.1, 0.15) is 0 Å². The fourth-order valence-electron chi connectivity index (χ4n) is 0.146. The maximum Gasteiger partial charge on any atom is 0.0387 e. The third-order valence-corrected chi connectivity index (χ3v) is 1.15. The summed E-state index contributed by atoms with van der Waals surface area (Å²) in [6.45, 7) is 1.07. The molecule has 0 spiro atoms. The molecular formula is C3H8INS. The van der Waals surface area contributed by atoms with Gasteiger partial charge >= 0.3 is 0 Å². The molecule has 0 aliphatic rings. The lowest BCUT2D eigenvalue weighted by molar-refractivity contribution is 0.858. The second kappa shape index (κ2) is 6.04. The number of hydrogen-bond donors (Lipinski definition) is 2. The van der Waals surface area contributed by atoms with Crippen LogP contribution < -0.4 is 5.32 Å². The first-order valence-corrected chi connectivity index (χ1v) is 3.95. The van der Waals surface area contributed by atoms with Gasteiger partial charge < -0.3 is 5.32 Å². The topological polar surface area (TPSA) is 12.0 Å². The molecule has 0 rings (SSSR count). The molecule has 0 fully saturated rings. The van der Waals surface area contributed by atoms with Crippen molar-refractivity contribution in [3.63, 3.8) is 0 Å². The van der Waals surface area contributed by atoms with Gasteiger partial charge in [-0.15, -0.1) is 0 Å². The molecule has 0 heterocycles. The summed E-state index contributed by atoms with van der Waals surface area (Å²) in [6, 6.07) is 0. The van der Waals surface area contributed by atoms with E-state index in [1.807, 2.05) is 0 Å². The fourth-order valence-corrected chi connectivity index (χ4v) is 0.685. The summed E-state index contributed by atoms with van der Waals surface area (Å²) in [4.78, 5) is 0.